The highest BCUT2D eigenvalue weighted by molar-refractivity contribution is 5.87. The Bertz CT molecular complexity index is 537. The molecular formula is C20H29NO4. The van der Waals surface area contributed by atoms with Crippen molar-refractivity contribution in [3.05, 3.63) is 35.9 Å². The summed E-state index contributed by atoms with van der Waals surface area (Å²) in [7, 11) is 0. The summed E-state index contributed by atoms with van der Waals surface area (Å²) in [5.74, 6) is 0.385. The fraction of sp³-hybridized carbons (Fsp3) is 0.500. The summed E-state index contributed by atoms with van der Waals surface area (Å²) in [5.41, 5.74) is 0.890. The summed E-state index contributed by atoms with van der Waals surface area (Å²) in [4.78, 5) is 23.2. The average molecular weight is 347 g/mol. The summed E-state index contributed by atoms with van der Waals surface area (Å²) in [5, 5.41) is 2.75. The van der Waals surface area contributed by atoms with Crippen LogP contribution in [0.5, 0.6) is 5.75 Å². The van der Waals surface area contributed by atoms with Crippen molar-refractivity contribution in [3.8, 4) is 5.75 Å². The van der Waals surface area contributed by atoms with Crippen LogP contribution in [0.3, 0.4) is 0 Å². The van der Waals surface area contributed by atoms with E-state index in [-0.39, 0.29) is 12.5 Å². The molecule has 5 nitrogen and oxygen atoms in total. The maximum atomic E-state index is 11.6. The van der Waals surface area contributed by atoms with E-state index in [0.717, 1.165) is 37.0 Å². The molecule has 0 fully saturated rings. The highest BCUT2D eigenvalue weighted by Gasteiger charge is 2.02. The normalized spacial score (nSPS) is 10.6. The quantitative estimate of drug-likeness (QED) is 0.355. The molecule has 0 aromatic heterocycles. The van der Waals surface area contributed by atoms with Crippen LogP contribution in [0.4, 0.5) is 0 Å². The third-order valence-corrected chi connectivity index (χ3v) is 3.53. The third kappa shape index (κ3) is 10.2. The lowest BCUT2D eigenvalue weighted by molar-refractivity contribution is -0.138. The van der Waals surface area contributed by atoms with Gasteiger partial charge in [0.1, 0.15) is 12.4 Å². The van der Waals surface area contributed by atoms with Gasteiger partial charge in [0.2, 0.25) is 5.91 Å². The van der Waals surface area contributed by atoms with E-state index in [1.54, 1.807) is 6.08 Å². The van der Waals surface area contributed by atoms with E-state index in [2.05, 4.69) is 12.2 Å². The average Bonchev–Trinajstić information content (AvgIpc) is 2.62. The van der Waals surface area contributed by atoms with Gasteiger partial charge in [0.05, 0.1) is 13.2 Å². The number of carbonyl (C=O) groups is 2. The number of nitrogens with one attached hydrogen (secondary N) is 1. The highest BCUT2D eigenvalue weighted by Crippen LogP contribution is 2.13. The number of amides is 1. The summed E-state index contributed by atoms with van der Waals surface area (Å²) in [6.45, 7) is 5.21. The Balaban J connectivity index is 2.16. The van der Waals surface area contributed by atoms with E-state index in [9.17, 15) is 9.59 Å². The standard InChI is InChI=1S/C20H29NO4/c1-3-5-6-7-8-19(22)21-15-16-25-20(23)14-11-17-9-12-18(13-10-17)24-4-2/h9-14H,3-8,15-16H2,1-2H3,(H,21,22)/b14-11+. The van der Waals surface area contributed by atoms with Crippen molar-refractivity contribution in [3.63, 3.8) is 0 Å². The molecule has 0 aliphatic rings. The number of carbonyl (C=O) groups excluding carboxylic acids is 2. The van der Waals surface area contributed by atoms with Gasteiger partial charge in [-0.05, 0) is 37.1 Å². The number of esters is 1. The number of ether oxygens (including phenoxy) is 2. The van der Waals surface area contributed by atoms with Crippen LogP contribution >= 0.6 is 0 Å². The molecule has 0 saturated heterocycles. The van der Waals surface area contributed by atoms with Crippen molar-refractivity contribution in [2.24, 2.45) is 0 Å². The van der Waals surface area contributed by atoms with Crippen molar-refractivity contribution < 1.29 is 19.1 Å². The van der Waals surface area contributed by atoms with Crippen LogP contribution in [-0.2, 0) is 14.3 Å². The molecule has 1 amide bonds. The Morgan fingerprint density at radius 3 is 2.52 bits per heavy atom. The molecular weight excluding hydrogens is 318 g/mol. The van der Waals surface area contributed by atoms with Gasteiger partial charge in [-0.25, -0.2) is 4.79 Å². The topological polar surface area (TPSA) is 64.6 Å². The fourth-order valence-electron chi connectivity index (χ4n) is 2.20. The van der Waals surface area contributed by atoms with Gasteiger partial charge in [-0.15, -0.1) is 0 Å². The number of benzene rings is 1. The van der Waals surface area contributed by atoms with Crippen LogP contribution < -0.4 is 10.1 Å². The summed E-state index contributed by atoms with van der Waals surface area (Å²) < 4.78 is 10.4. The third-order valence-electron chi connectivity index (χ3n) is 3.53. The van der Waals surface area contributed by atoms with Gasteiger partial charge >= 0.3 is 5.97 Å². The molecule has 0 unspecified atom stereocenters. The van der Waals surface area contributed by atoms with Gasteiger partial charge in [-0.1, -0.05) is 38.3 Å². The highest BCUT2D eigenvalue weighted by atomic mass is 16.5. The zero-order valence-electron chi connectivity index (χ0n) is 15.3. The number of unbranched alkanes of at least 4 members (excludes halogenated alkanes) is 3. The summed E-state index contributed by atoms with van der Waals surface area (Å²) in [6, 6.07) is 7.44. The van der Waals surface area contributed by atoms with Crippen molar-refractivity contribution in [2.45, 2.75) is 46.0 Å². The van der Waals surface area contributed by atoms with E-state index < -0.39 is 5.97 Å². The van der Waals surface area contributed by atoms with Crippen LogP contribution in [0.15, 0.2) is 30.3 Å². The first kappa shape index (κ1) is 20.7. The number of rotatable bonds is 12. The Kier molecular flexibility index (Phi) is 10.8. The zero-order valence-corrected chi connectivity index (χ0v) is 15.3. The smallest absolute Gasteiger partial charge is 0.330 e. The first-order chi connectivity index (χ1) is 12.2. The van der Waals surface area contributed by atoms with Gasteiger partial charge in [0, 0.05) is 12.5 Å². The van der Waals surface area contributed by atoms with Crippen molar-refractivity contribution in [1.82, 2.24) is 5.32 Å². The Hall–Kier alpha value is -2.30. The Morgan fingerprint density at radius 2 is 1.84 bits per heavy atom. The molecule has 25 heavy (non-hydrogen) atoms. The van der Waals surface area contributed by atoms with Crippen LogP contribution in [0.2, 0.25) is 0 Å². The van der Waals surface area contributed by atoms with Gasteiger partial charge in [0.25, 0.3) is 0 Å². The number of hydrogen-bond acceptors (Lipinski definition) is 4. The van der Waals surface area contributed by atoms with Crippen LogP contribution in [-0.4, -0.2) is 31.6 Å². The molecule has 0 atom stereocenters. The second-order valence-corrected chi connectivity index (χ2v) is 5.66. The minimum atomic E-state index is -0.425. The second-order valence-electron chi connectivity index (χ2n) is 5.66. The molecule has 0 aliphatic heterocycles. The molecule has 5 heteroatoms. The van der Waals surface area contributed by atoms with Gasteiger partial charge < -0.3 is 14.8 Å². The minimum Gasteiger partial charge on any atom is -0.494 e. The maximum Gasteiger partial charge on any atom is 0.330 e. The second kappa shape index (κ2) is 13.0. The first-order valence-corrected chi connectivity index (χ1v) is 9.00. The Morgan fingerprint density at radius 1 is 1.08 bits per heavy atom. The van der Waals surface area contributed by atoms with Gasteiger partial charge in [-0.3, -0.25) is 4.79 Å². The molecule has 1 aromatic rings. The molecule has 0 bridgehead atoms. The SMILES string of the molecule is CCCCCCC(=O)NCCOC(=O)/C=C/c1ccc(OCC)cc1. The van der Waals surface area contributed by atoms with Crippen LogP contribution in [0, 0.1) is 0 Å². The molecule has 0 radical (unpaired) electrons. The predicted molar refractivity (Wildman–Crippen MR) is 99.4 cm³/mol. The summed E-state index contributed by atoms with van der Waals surface area (Å²) in [6.07, 6.45) is 7.89. The lowest BCUT2D eigenvalue weighted by Crippen LogP contribution is -2.27. The largest absolute Gasteiger partial charge is 0.494 e. The van der Waals surface area contributed by atoms with E-state index in [1.807, 2.05) is 31.2 Å². The molecule has 0 saturated carbocycles. The van der Waals surface area contributed by atoms with E-state index in [0.29, 0.717) is 19.6 Å². The molecule has 0 aliphatic carbocycles. The van der Waals surface area contributed by atoms with Crippen molar-refractivity contribution in [2.75, 3.05) is 19.8 Å². The molecule has 0 spiro atoms. The zero-order chi connectivity index (χ0) is 18.3. The lowest BCUT2D eigenvalue weighted by atomic mass is 10.1. The molecule has 138 valence electrons. The lowest BCUT2D eigenvalue weighted by Gasteiger charge is -2.05. The molecule has 1 aromatic carbocycles. The maximum absolute atomic E-state index is 11.6. The predicted octanol–water partition coefficient (Wildman–Crippen LogP) is 3.73. The van der Waals surface area contributed by atoms with Crippen molar-refractivity contribution in [1.29, 1.82) is 0 Å². The first-order valence-electron chi connectivity index (χ1n) is 9.00. The molecule has 0 heterocycles. The van der Waals surface area contributed by atoms with E-state index >= 15 is 0 Å². The molecule has 1 N–H and O–H groups in total. The van der Waals surface area contributed by atoms with Crippen molar-refractivity contribution >= 4 is 18.0 Å². The van der Waals surface area contributed by atoms with E-state index in [4.69, 9.17) is 9.47 Å². The monoisotopic (exact) mass is 347 g/mol. The van der Waals surface area contributed by atoms with Crippen LogP contribution in [0.25, 0.3) is 6.08 Å². The minimum absolute atomic E-state index is 0.0112. The summed E-state index contributed by atoms with van der Waals surface area (Å²) >= 11 is 0. The molecule has 1 rings (SSSR count). The van der Waals surface area contributed by atoms with Crippen LogP contribution in [0.1, 0.15) is 51.5 Å². The van der Waals surface area contributed by atoms with Gasteiger partial charge in [-0.2, -0.15) is 0 Å². The Labute approximate surface area is 150 Å². The fourth-order valence-corrected chi connectivity index (χ4v) is 2.20. The van der Waals surface area contributed by atoms with E-state index in [1.165, 1.54) is 6.08 Å². The number of hydrogen-bond donors (Lipinski definition) is 1. The van der Waals surface area contributed by atoms with Gasteiger partial charge in [0.15, 0.2) is 0 Å².